The van der Waals surface area contributed by atoms with Gasteiger partial charge < -0.3 is 10.1 Å². The first-order valence-electron chi connectivity index (χ1n) is 6.47. The molecule has 0 aromatic heterocycles. The van der Waals surface area contributed by atoms with E-state index < -0.39 is 12.8 Å². The van der Waals surface area contributed by atoms with Crippen molar-refractivity contribution in [3.05, 3.63) is 35.1 Å². The van der Waals surface area contributed by atoms with Gasteiger partial charge in [0, 0.05) is 18.2 Å². The van der Waals surface area contributed by atoms with Crippen LogP contribution in [0.15, 0.2) is 18.2 Å². The van der Waals surface area contributed by atoms with E-state index in [-0.39, 0.29) is 24.9 Å². The fourth-order valence-corrected chi connectivity index (χ4v) is 1.93. The summed E-state index contributed by atoms with van der Waals surface area (Å²) in [5.74, 6) is -0.364. The van der Waals surface area contributed by atoms with Crippen LogP contribution >= 0.6 is 0 Å². The van der Waals surface area contributed by atoms with Gasteiger partial charge in [-0.1, -0.05) is 24.6 Å². The highest BCUT2D eigenvalue weighted by molar-refractivity contribution is 5.26. The van der Waals surface area contributed by atoms with Gasteiger partial charge in [-0.25, -0.2) is 4.39 Å². The van der Waals surface area contributed by atoms with E-state index in [1.165, 1.54) is 6.07 Å². The lowest BCUT2D eigenvalue weighted by molar-refractivity contribution is -0.174. The first kappa shape index (κ1) is 16.9. The minimum atomic E-state index is -4.33. The number of halogens is 4. The maximum atomic E-state index is 13.8. The minimum Gasteiger partial charge on any atom is -0.372 e. The predicted octanol–water partition coefficient (Wildman–Crippen LogP) is 3.75. The summed E-state index contributed by atoms with van der Waals surface area (Å²) in [5.41, 5.74) is 1.36. The Bertz CT molecular complexity index is 420. The zero-order valence-electron chi connectivity index (χ0n) is 11.6. The fourth-order valence-electron chi connectivity index (χ4n) is 1.93. The second-order valence-electron chi connectivity index (χ2n) is 4.59. The summed E-state index contributed by atoms with van der Waals surface area (Å²) in [5, 5.41) is 3.06. The van der Waals surface area contributed by atoms with Crippen molar-refractivity contribution in [2.24, 2.45) is 0 Å². The normalized spacial score (nSPS) is 13.5. The number of rotatable bonds is 7. The summed E-state index contributed by atoms with van der Waals surface area (Å²) >= 11 is 0. The largest absolute Gasteiger partial charge is 0.411 e. The van der Waals surface area contributed by atoms with Crippen LogP contribution in [-0.4, -0.2) is 25.9 Å². The summed E-state index contributed by atoms with van der Waals surface area (Å²) in [6.07, 6.45) is -4.05. The van der Waals surface area contributed by atoms with Crippen molar-refractivity contribution in [1.82, 2.24) is 5.32 Å². The fraction of sp³-hybridized carbons (Fsp3) is 0.571. The molecule has 1 aromatic rings. The Balaban J connectivity index is 2.62. The van der Waals surface area contributed by atoms with E-state index in [0.29, 0.717) is 12.1 Å². The third kappa shape index (κ3) is 5.88. The van der Waals surface area contributed by atoms with Gasteiger partial charge in [-0.05, 0) is 26.0 Å². The number of hydrogen-bond donors (Lipinski definition) is 1. The summed E-state index contributed by atoms with van der Waals surface area (Å²) in [7, 11) is 0. The Morgan fingerprint density at radius 1 is 1.30 bits per heavy atom. The van der Waals surface area contributed by atoms with Gasteiger partial charge in [-0.2, -0.15) is 13.2 Å². The molecule has 0 aliphatic heterocycles. The average Bonchev–Trinajstić information content (AvgIpc) is 2.35. The second kappa shape index (κ2) is 7.59. The van der Waals surface area contributed by atoms with Gasteiger partial charge >= 0.3 is 6.18 Å². The minimum absolute atomic E-state index is 0.0788. The number of aryl methyl sites for hydroxylation is 1. The van der Waals surface area contributed by atoms with Crippen molar-refractivity contribution in [2.75, 3.05) is 19.8 Å². The molecular formula is C14H19F4NO. The van der Waals surface area contributed by atoms with Crippen molar-refractivity contribution in [2.45, 2.75) is 32.5 Å². The molecule has 0 fully saturated rings. The Kier molecular flexibility index (Phi) is 6.42. The number of hydrogen-bond acceptors (Lipinski definition) is 2. The first-order chi connectivity index (χ1) is 9.33. The zero-order valence-corrected chi connectivity index (χ0v) is 11.6. The van der Waals surface area contributed by atoms with Crippen LogP contribution < -0.4 is 5.32 Å². The SMILES string of the molecule is CCNC(CCOCC(F)(F)F)c1cc(C)ccc1F. The Labute approximate surface area is 116 Å². The van der Waals surface area contributed by atoms with Gasteiger partial charge in [0.15, 0.2) is 0 Å². The third-order valence-corrected chi connectivity index (χ3v) is 2.79. The molecule has 0 radical (unpaired) electrons. The van der Waals surface area contributed by atoms with Crippen molar-refractivity contribution >= 4 is 0 Å². The highest BCUT2D eigenvalue weighted by Gasteiger charge is 2.27. The number of nitrogens with one attached hydrogen (secondary N) is 1. The average molecular weight is 293 g/mol. The van der Waals surface area contributed by atoms with Crippen LogP contribution in [0, 0.1) is 12.7 Å². The molecule has 1 unspecified atom stereocenters. The van der Waals surface area contributed by atoms with Crippen LogP contribution in [0.5, 0.6) is 0 Å². The van der Waals surface area contributed by atoms with Crippen LogP contribution in [0.3, 0.4) is 0 Å². The molecule has 6 heteroatoms. The molecule has 1 rings (SSSR count). The van der Waals surface area contributed by atoms with Crippen LogP contribution in [0.25, 0.3) is 0 Å². The molecule has 0 saturated carbocycles. The molecule has 0 aliphatic carbocycles. The van der Waals surface area contributed by atoms with Gasteiger partial charge in [0.2, 0.25) is 0 Å². The molecule has 1 N–H and O–H groups in total. The number of ether oxygens (including phenoxy) is 1. The van der Waals surface area contributed by atoms with Crippen molar-refractivity contribution in [3.63, 3.8) is 0 Å². The molecule has 0 heterocycles. The molecule has 0 aliphatic rings. The maximum Gasteiger partial charge on any atom is 0.411 e. The van der Waals surface area contributed by atoms with E-state index in [4.69, 9.17) is 0 Å². The van der Waals surface area contributed by atoms with E-state index in [1.807, 2.05) is 13.8 Å². The molecule has 0 bridgehead atoms. The zero-order chi connectivity index (χ0) is 15.2. The van der Waals surface area contributed by atoms with Crippen LogP contribution in [0.4, 0.5) is 17.6 Å². The molecular weight excluding hydrogens is 274 g/mol. The van der Waals surface area contributed by atoms with Gasteiger partial charge in [-0.15, -0.1) is 0 Å². The van der Waals surface area contributed by atoms with E-state index in [2.05, 4.69) is 10.1 Å². The van der Waals surface area contributed by atoms with Crippen LogP contribution in [0.1, 0.15) is 30.5 Å². The summed E-state index contributed by atoms with van der Waals surface area (Å²) < 4.78 is 54.3. The lowest BCUT2D eigenvalue weighted by Crippen LogP contribution is -2.25. The van der Waals surface area contributed by atoms with Crippen LogP contribution in [0.2, 0.25) is 0 Å². The van der Waals surface area contributed by atoms with E-state index >= 15 is 0 Å². The Morgan fingerprint density at radius 3 is 2.60 bits per heavy atom. The summed E-state index contributed by atoms with van der Waals surface area (Å²) in [6.45, 7) is 2.94. The molecule has 20 heavy (non-hydrogen) atoms. The Hall–Kier alpha value is -1.14. The lowest BCUT2D eigenvalue weighted by atomic mass is 10.0. The van der Waals surface area contributed by atoms with E-state index in [0.717, 1.165) is 5.56 Å². The smallest absolute Gasteiger partial charge is 0.372 e. The van der Waals surface area contributed by atoms with E-state index in [9.17, 15) is 17.6 Å². The topological polar surface area (TPSA) is 21.3 Å². The van der Waals surface area contributed by atoms with Gasteiger partial charge in [0.05, 0.1) is 0 Å². The number of alkyl halides is 3. The third-order valence-electron chi connectivity index (χ3n) is 2.79. The molecule has 0 spiro atoms. The predicted molar refractivity (Wildman–Crippen MR) is 69.0 cm³/mol. The summed E-state index contributed by atoms with van der Waals surface area (Å²) in [6, 6.07) is 4.37. The summed E-state index contributed by atoms with van der Waals surface area (Å²) in [4.78, 5) is 0. The lowest BCUT2D eigenvalue weighted by Gasteiger charge is -2.19. The highest BCUT2D eigenvalue weighted by Crippen LogP contribution is 2.22. The maximum absolute atomic E-state index is 13.8. The van der Waals surface area contributed by atoms with E-state index in [1.54, 1.807) is 12.1 Å². The van der Waals surface area contributed by atoms with Crippen molar-refractivity contribution < 1.29 is 22.3 Å². The molecule has 1 aromatic carbocycles. The van der Waals surface area contributed by atoms with Gasteiger partial charge in [0.25, 0.3) is 0 Å². The first-order valence-corrected chi connectivity index (χ1v) is 6.47. The molecule has 2 nitrogen and oxygen atoms in total. The van der Waals surface area contributed by atoms with Gasteiger partial charge in [-0.3, -0.25) is 0 Å². The quantitative estimate of drug-likeness (QED) is 0.610. The number of benzene rings is 1. The molecule has 1 atom stereocenters. The van der Waals surface area contributed by atoms with Gasteiger partial charge in [0.1, 0.15) is 12.4 Å². The van der Waals surface area contributed by atoms with Crippen molar-refractivity contribution in [3.8, 4) is 0 Å². The molecule has 114 valence electrons. The van der Waals surface area contributed by atoms with Crippen molar-refractivity contribution in [1.29, 1.82) is 0 Å². The second-order valence-corrected chi connectivity index (χ2v) is 4.59. The molecule has 0 amide bonds. The monoisotopic (exact) mass is 293 g/mol. The highest BCUT2D eigenvalue weighted by atomic mass is 19.4. The Morgan fingerprint density at radius 2 is 2.00 bits per heavy atom. The molecule has 0 saturated heterocycles. The van der Waals surface area contributed by atoms with Crippen LogP contribution in [-0.2, 0) is 4.74 Å². The standard InChI is InChI=1S/C14H19F4NO/c1-3-19-13(6-7-20-9-14(16,17)18)11-8-10(2)4-5-12(11)15/h4-5,8,13,19H,3,6-7,9H2,1-2H3.